The Morgan fingerprint density at radius 3 is 2.41 bits per heavy atom. The van der Waals surface area contributed by atoms with E-state index in [1.54, 1.807) is 14.2 Å². The van der Waals surface area contributed by atoms with Gasteiger partial charge in [-0.15, -0.1) is 0 Å². The molecule has 6 nitrogen and oxygen atoms in total. The Morgan fingerprint density at radius 2 is 1.64 bits per heavy atom. The number of fused-ring (bicyclic) bond motifs is 1. The van der Waals surface area contributed by atoms with E-state index in [9.17, 15) is 0 Å². The van der Waals surface area contributed by atoms with Crippen molar-refractivity contribution in [2.75, 3.05) is 40.6 Å². The van der Waals surface area contributed by atoms with Crippen molar-refractivity contribution in [1.29, 1.82) is 0 Å². The number of rotatable bonds is 10. The Morgan fingerprint density at radius 1 is 0.897 bits per heavy atom. The van der Waals surface area contributed by atoms with E-state index in [0.29, 0.717) is 19.1 Å². The first-order valence-electron chi connectivity index (χ1n) is 13.8. The molecule has 1 N–H and O–H groups in total. The average molecular weight is 530 g/mol. The van der Waals surface area contributed by atoms with Crippen LogP contribution >= 0.6 is 0 Å². The summed E-state index contributed by atoms with van der Waals surface area (Å²) in [5.74, 6) is 3.60. The molecule has 3 aromatic carbocycles. The van der Waals surface area contributed by atoms with Gasteiger partial charge in [0, 0.05) is 19.8 Å². The van der Waals surface area contributed by atoms with Crippen LogP contribution < -0.4 is 24.3 Å². The summed E-state index contributed by atoms with van der Waals surface area (Å²) in [6.07, 6.45) is 7.41. The third-order valence-corrected chi connectivity index (χ3v) is 7.59. The number of nitrogens with one attached hydrogen (secondary N) is 1. The summed E-state index contributed by atoms with van der Waals surface area (Å²) < 4.78 is 29.3. The van der Waals surface area contributed by atoms with Crippen LogP contribution in [0.4, 0.5) is 0 Å². The van der Waals surface area contributed by atoms with Gasteiger partial charge in [0.1, 0.15) is 6.61 Å². The highest BCUT2D eigenvalue weighted by Crippen LogP contribution is 2.37. The summed E-state index contributed by atoms with van der Waals surface area (Å²) in [6.45, 7) is 5.81. The SMILES string of the molecule is COc1cc2c(cc1OCc1ccccc1)CCNC2/C=C/c1cc(OCC2CCOCC2)c(OC)cc1C. The molecular weight excluding hydrogens is 490 g/mol. The molecular formula is C33H39NO5. The Balaban J connectivity index is 1.33. The largest absolute Gasteiger partial charge is 0.493 e. The highest BCUT2D eigenvalue weighted by molar-refractivity contribution is 5.61. The van der Waals surface area contributed by atoms with Crippen LogP contribution in [0.3, 0.4) is 0 Å². The van der Waals surface area contributed by atoms with E-state index < -0.39 is 0 Å². The van der Waals surface area contributed by atoms with Crippen LogP contribution in [0.5, 0.6) is 23.0 Å². The van der Waals surface area contributed by atoms with Crippen LogP contribution in [0.2, 0.25) is 0 Å². The summed E-state index contributed by atoms with van der Waals surface area (Å²) in [6, 6.07) is 18.7. The fourth-order valence-electron chi connectivity index (χ4n) is 5.23. The molecule has 2 heterocycles. The maximum atomic E-state index is 6.25. The fourth-order valence-corrected chi connectivity index (χ4v) is 5.23. The van der Waals surface area contributed by atoms with Gasteiger partial charge in [0.25, 0.3) is 0 Å². The van der Waals surface area contributed by atoms with E-state index in [-0.39, 0.29) is 6.04 Å². The standard InChI is InChI=1S/C33H39NO5/c1-23-17-30(35-2)32(39-22-25-12-15-37-16-13-25)18-26(23)9-10-29-28-20-31(36-3)33(19-27(28)11-14-34-29)38-21-24-7-5-4-6-8-24/h4-10,17-20,25,29,34H,11-16,21-22H2,1-3H3/b10-9+. The molecule has 206 valence electrons. The molecule has 0 aromatic heterocycles. The smallest absolute Gasteiger partial charge is 0.161 e. The molecule has 3 aromatic rings. The van der Waals surface area contributed by atoms with Crippen molar-refractivity contribution in [2.45, 2.75) is 38.8 Å². The van der Waals surface area contributed by atoms with Crippen molar-refractivity contribution < 1.29 is 23.7 Å². The lowest BCUT2D eigenvalue weighted by Crippen LogP contribution is -2.28. The quantitative estimate of drug-likeness (QED) is 0.333. The van der Waals surface area contributed by atoms with E-state index in [1.165, 1.54) is 11.1 Å². The Hall–Kier alpha value is -3.48. The summed E-state index contributed by atoms with van der Waals surface area (Å²) in [5.41, 5.74) is 5.87. The van der Waals surface area contributed by atoms with Gasteiger partial charge in [-0.05, 0) is 84.2 Å². The normalized spacial score (nSPS) is 17.6. The van der Waals surface area contributed by atoms with Gasteiger partial charge in [-0.3, -0.25) is 0 Å². The highest BCUT2D eigenvalue weighted by Gasteiger charge is 2.22. The van der Waals surface area contributed by atoms with Crippen LogP contribution in [0.25, 0.3) is 6.08 Å². The van der Waals surface area contributed by atoms with Gasteiger partial charge in [0.15, 0.2) is 23.0 Å². The number of hydrogen-bond acceptors (Lipinski definition) is 6. The summed E-state index contributed by atoms with van der Waals surface area (Å²) >= 11 is 0. The molecule has 2 aliphatic rings. The first-order chi connectivity index (χ1) is 19.1. The van der Waals surface area contributed by atoms with Crippen molar-refractivity contribution in [3.8, 4) is 23.0 Å². The zero-order valence-corrected chi connectivity index (χ0v) is 23.2. The molecule has 0 aliphatic carbocycles. The molecule has 1 saturated heterocycles. The molecule has 6 heteroatoms. The van der Waals surface area contributed by atoms with Gasteiger partial charge < -0.3 is 29.0 Å². The van der Waals surface area contributed by atoms with Gasteiger partial charge in [0.2, 0.25) is 0 Å². The fraction of sp³-hybridized carbons (Fsp3) is 0.394. The molecule has 0 saturated carbocycles. The predicted octanol–water partition coefficient (Wildman–Crippen LogP) is 6.30. The van der Waals surface area contributed by atoms with Crippen LogP contribution in [-0.4, -0.2) is 40.6 Å². The number of hydrogen-bond donors (Lipinski definition) is 1. The summed E-state index contributed by atoms with van der Waals surface area (Å²) in [7, 11) is 3.39. The average Bonchev–Trinajstić information content (AvgIpc) is 2.99. The molecule has 1 unspecified atom stereocenters. The molecule has 5 rings (SSSR count). The molecule has 0 radical (unpaired) electrons. The first kappa shape index (κ1) is 27.1. The van der Waals surface area contributed by atoms with Gasteiger partial charge in [-0.2, -0.15) is 0 Å². The Kier molecular flexibility index (Phi) is 9.07. The molecule has 0 spiro atoms. The molecule has 0 bridgehead atoms. The second-order valence-corrected chi connectivity index (χ2v) is 10.2. The predicted molar refractivity (Wildman–Crippen MR) is 154 cm³/mol. The summed E-state index contributed by atoms with van der Waals surface area (Å²) in [5, 5.41) is 3.65. The molecule has 0 amide bonds. The lowest BCUT2D eigenvalue weighted by Gasteiger charge is -2.26. The molecule has 1 fully saturated rings. The van der Waals surface area contributed by atoms with Crippen LogP contribution in [0, 0.1) is 12.8 Å². The number of ether oxygens (including phenoxy) is 5. The van der Waals surface area contributed by atoms with Gasteiger partial charge in [-0.1, -0.05) is 42.5 Å². The second-order valence-electron chi connectivity index (χ2n) is 10.2. The van der Waals surface area contributed by atoms with Crippen molar-refractivity contribution >= 4 is 6.08 Å². The van der Waals surface area contributed by atoms with Crippen molar-refractivity contribution in [1.82, 2.24) is 5.32 Å². The molecule has 2 aliphatic heterocycles. The minimum atomic E-state index is 0.0685. The van der Waals surface area contributed by atoms with Gasteiger partial charge >= 0.3 is 0 Å². The van der Waals surface area contributed by atoms with Crippen molar-refractivity contribution in [3.05, 3.63) is 88.5 Å². The minimum absolute atomic E-state index is 0.0685. The Labute approximate surface area is 231 Å². The third-order valence-electron chi connectivity index (χ3n) is 7.59. The minimum Gasteiger partial charge on any atom is -0.493 e. The Bertz CT molecular complexity index is 1270. The monoisotopic (exact) mass is 529 g/mol. The lowest BCUT2D eigenvalue weighted by atomic mass is 9.92. The number of methoxy groups -OCH3 is 2. The van der Waals surface area contributed by atoms with E-state index in [0.717, 1.165) is 78.7 Å². The number of aryl methyl sites for hydroxylation is 1. The van der Waals surface area contributed by atoms with Crippen molar-refractivity contribution in [2.24, 2.45) is 5.92 Å². The van der Waals surface area contributed by atoms with E-state index in [4.69, 9.17) is 23.7 Å². The van der Waals surface area contributed by atoms with Crippen molar-refractivity contribution in [3.63, 3.8) is 0 Å². The van der Waals surface area contributed by atoms with Gasteiger partial charge in [0.05, 0.1) is 26.9 Å². The highest BCUT2D eigenvalue weighted by atomic mass is 16.5. The van der Waals surface area contributed by atoms with E-state index in [2.05, 4.69) is 60.8 Å². The topological polar surface area (TPSA) is 58.2 Å². The van der Waals surface area contributed by atoms with Crippen LogP contribution in [0.1, 0.15) is 46.7 Å². The zero-order chi connectivity index (χ0) is 27.0. The molecule has 39 heavy (non-hydrogen) atoms. The maximum absolute atomic E-state index is 6.25. The maximum Gasteiger partial charge on any atom is 0.161 e. The number of benzene rings is 3. The first-order valence-corrected chi connectivity index (χ1v) is 13.8. The lowest BCUT2D eigenvalue weighted by molar-refractivity contribution is 0.0493. The molecule has 1 atom stereocenters. The third kappa shape index (κ3) is 6.75. The zero-order valence-electron chi connectivity index (χ0n) is 23.2. The van der Waals surface area contributed by atoms with Gasteiger partial charge in [-0.25, -0.2) is 0 Å². The summed E-state index contributed by atoms with van der Waals surface area (Å²) in [4.78, 5) is 0. The van der Waals surface area contributed by atoms with E-state index in [1.807, 2.05) is 18.2 Å². The van der Waals surface area contributed by atoms with Crippen LogP contribution in [-0.2, 0) is 17.8 Å². The second kappa shape index (κ2) is 13.0. The van der Waals surface area contributed by atoms with Crippen LogP contribution in [0.15, 0.2) is 60.7 Å². The van der Waals surface area contributed by atoms with E-state index >= 15 is 0 Å².